The summed E-state index contributed by atoms with van der Waals surface area (Å²) in [5, 5.41) is 10.6. The van der Waals surface area contributed by atoms with E-state index in [-0.39, 0.29) is 12.3 Å². The third-order valence-electron chi connectivity index (χ3n) is 2.35. The van der Waals surface area contributed by atoms with E-state index in [1.807, 2.05) is 0 Å². The molecule has 0 unspecified atom stereocenters. The van der Waals surface area contributed by atoms with Crippen LogP contribution in [0.3, 0.4) is 0 Å². The molecule has 0 amide bonds. The molecule has 0 bridgehead atoms. The van der Waals surface area contributed by atoms with Gasteiger partial charge in [0.25, 0.3) is 0 Å². The van der Waals surface area contributed by atoms with Gasteiger partial charge in [-0.15, -0.1) is 11.3 Å². The molecule has 8 nitrogen and oxygen atoms in total. The summed E-state index contributed by atoms with van der Waals surface area (Å²) in [6.07, 6.45) is 0.766. The fourth-order valence-corrected chi connectivity index (χ4v) is 2.76. The monoisotopic (exact) mass is 359 g/mol. The Bertz CT molecular complexity index is 806. The summed E-state index contributed by atoms with van der Waals surface area (Å²) < 4.78 is 1.55. The zero-order valence-electron chi connectivity index (χ0n) is 9.66. The number of nitrogens with one attached hydrogen (secondary N) is 1. The minimum atomic E-state index is -1.09. The van der Waals surface area contributed by atoms with Crippen molar-refractivity contribution in [3.63, 3.8) is 0 Å². The van der Waals surface area contributed by atoms with Gasteiger partial charge in [-0.25, -0.2) is 4.79 Å². The molecule has 0 aromatic carbocycles. The van der Waals surface area contributed by atoms with Crippen LogP contribution in [-0.4, -0.2) is 20.3 Å². The summed E-state index contributed by atoms with van der Waals surface area (Å²) in [5.74, 6) is -0.385. The van der Waals surface area contributed by atoms with Crippen LogP contribution in [0.1, 0.15) is 9.67 Å². The van der Waals surface area contributed by atoms with E-state index in [0.29, 0.717) is 4.88 Å². The highest BCUT2D eigenvalue weighted by molar-refractivity contribution is 9.11. The molecule has 0 aliphatic heterocycles. The van der Waals surface area contributed by atoms with E-state index in [2.05, 4.69) is 15.9 Å². The Morgan fingerprint density at radius 2 is 2.15 bits per heavy atom. The zero-order valence-corrected chi connectivity index (χ0v) is 12.1. The first-order chi connectivity index (χ1) is 9.38. The van der Waals surface area contributed by atoms with Gasteiger partial charge in [0.05, 0.1) is 26.3 Å². The van der Waals surface area contributed by atoms with Gasteiger partial charge >= 0.3 is 16.9 Å². The second kappa shape index (κ2) is 5.51. The normalized spacial score (nSPS) is 10.4. The van der Waals surface area contributed by atoms with E-state index in [0.717, 1.165) is 14.6 Å². The number of carbonyl (C=O) groups is 1. The van der Waals surface area contributed by atoms with E-state index in [9.17, 15) is 24.5 Å². The molecule has 0 saturated heterocycles. The predicted octanol–water partition coefficient (Wildman–Crippen LogP) is 1.15. The lowest BCUT2D eigenvalue weighted by Crippen LogP contribution is -2.32. The van der Waals surface area contributed by atoms with Crippen molar-refractivity contribution in [2.75, 3.05) is 0 Å². The van der Waals surface area contributed by atoms with Crippen LogP contribution >= 0.6 is 27.3 Å². The first-order valence-corrected chi connectivity index (χ1v) is 6.76. The van der Waals surface area contributed by atoms with Gasteiger partial charge in [0.1, 0.15) is 0 Å². The Morgan fingerprint density at radius 1 is 1.45 bits per heavy atom. The van der Waals surface area contributed by atoms with E-state index in [1.54, 1.807) is 17.1 Å². The van der Waals surface area contributed by atoms with E-state index in [4.69, 9.17) is 0 Å². The molecule has 0 aliphatic rings. The number of hydrogen-bond acceptors (Lipinski definition) is 6. The van der Waals surface area contributed by atoms with Gasteiger partial charge in [0.2, 0.25) is 0 Å². The topological polar surface area (TPSA) is 115 Å². The van der Waals surface area contributed by atoms with Gasteiger partial charge < -0.3 is 0 Å². The van der Waals surface area contributed by atoms with Crippen LogP contribution in [0.4, 0.5) is 5.69 Å². The summed E-state index contributed by atoms with van der Waals surface area (Å²) in [6.45, 7) is -0.386. The van der Waals surface area contributed by atoms with Crippen LogP contribution in [0.15, 0.2) is 31.7 Å². The number of H-pyrrole nitrogens is 1. The summed E-state index contributed by atoms with van der Waals surface area (Å²) in [7, 11) is 0. The van der Waals surface area contributed by atoms with Gasteiger partial charge in [-0.2, -0.15) is 0 Å². The smallest absolute Gasteiger partial charge is 0.291 e. The van der Waals surface area contributed by atoms with Crippen LogP contribution in [-0.2, 0) is 6.54 Å². The summed E-state index contributed by atoms with van der Waals surface area (Å²) in [6, 6.07) is 3.25. The maximum Gasteiger partial charge on any atom is 0.350 e. The molecule has 2 aromatic rings. The molecule has 1 N–H and O–H groups in total. The first kappa shape index (κ1) is 14.3. The second-order valence-corrected chi connectivity index (χ2v) is 6.15. The van der Waals surface area contributed by atoms with Crippen LogP contribution in [0.25, 0.3) is 0 Å². The van der Waals surface area contributed by atoms with Gasteiger partial charge in [0, 0.05) is 0 Å². The van der Waals surface area contributed by atoms with Crippen molar-refractivity contribution >= 4 is 38.7 Å². The number of nitro groups is 1. The fraction of sp³-hybridized carbons (Fsp3) is 0.100. The molecule has 10 heteroatoms. The highest BCUT2D eigenvalue weighted by Gasteiger charge is 2.17. The van der Waals surface area contributed by atoms with E-state index in [1.165, 1.54) is 11.3 Å². The van der Waals surface area contributed by atoms with Crippen LogP contribution in [0, 0.1) is 10.1 Å². The zero-order chi connectivity index (χ0) is 14.9. The van der Waals surface area contributed by atoms with Gasteiger partial charge in [-0.3, -0.25) is 29.3 Å². The number of carbonyl (C=O) groups excluding carboxylic acids is 1. The van der Waals surface area contributed by atoms with Crippen molar-refractivity contribution < 1.29 is 9.72 Å². The molecule has 0 atom stereocenters. The number of rotatable bonds is 4. The predicted molar refractivity (Wildman–Crippen MR) is 74.3 cm³/mol. The Balaban J connectivity index is 2.37. The molecule has 0 fully saturated rings. The summed E-state index contributed by atoms with van der Waals surface area (Å²) in [4.78, 5) is 46.5. The average Bonchev–Trinajstić information content (AvgIpc) is 2.79. The summed E-state index contributed by atoms with van der Waals surface area (Å²) >= 11 is 4.38. The van der Waals surface area contributed by atoms with Gasteiger partial charge in [-0.1, -0.05) is 0 Å². The van der Waals surface area contributed by atoms with Gasteiger partial charge in [0.15, 0.2) is 5.78 Å². The van der Waals surface area contributed by atoms with Crippen LogP contribution in [0.5, 0.6) is 0 Å². The second-order valence-electron chi connectivity index (χ2n) is 3.69. The maximum atomic E-state index is 11.9. The summed E-state index contributed by atoms with van der Waals surface area (Å²) in [5.41, 5.74) is -2.75. The molecule has 0 saturated carbocycles. The number of nitrogens with zero attached hydrogens (tertiary/aromatic N) is 2. The van der Waals surface area contributed by atoms with E-state index < -0.39 is 21.9 Å². The van der Waals surface area contributed by atoms with Gasteiger partial charge in [-0.05, 0) is 28.1 Å². The molecule has 0 spiro atoms. The third kappa shape index (κ3) is 2.91. The fourth-order valence-electron chi connectivity index (χ4n) is 1.44. The van der Waals surface area contributed by atoms with Crippen LogP contribution < -0.4 is 11.2 Å². The number of aromatic amines is 1. The van der Waals surface area contributed by atoms with Crippen molar-refractivity contribution in [2.45, 2.75) is 6.54 Å². The first-order valence-electron chi connectivity index (χ1n) is 5.15. The van der Waals surface area contributed by atoms with Crippen molar-refractivity contribution in [1.82, 2.24) is 9.55 Å². The Kier molecular flexibility index (Phi) is 3.95. The average molecular weight is 360 g/mol. The Hall–Kier alpha value is -2.07. The molecule has 20 heavy (non-hydrogen) atoms. The Labute approximate surface area is 123 Å². The minimum Gasteiger partial charge on any atom is -0.291 e. The number of hydrogen-bond donors (Lipinski definition) is 1. The molecule has 104 valence electrons. The molecule has 2 rings (SSSR count). The molecular formula is C10H6BrN3O5S. The van der Waals surface area contributed by atoms with Crippen molar-refractivity contribution in [3.8, 4) is 0 Å². The number of ketones is 1. The molecule has 0 radical (unpaired) electrons. The maximum absolute atomic E-state index is 11.9. The van der Waals surface area contributed by atoms with Crippen molar-refractivity contribution in [3.05, 3.63) is 57.9 Å². The molecule has 2 aromatic heterocycles. The highest BCUT2D eigenvalue weighted by atomic mass is 79.9. The largest absolute Gasteiger partial charge is 0.350 e. The molecule has 0 aliphatic carbocycles. The molecule has 2 heterocycles. The lowest BCUT2D eigenvalue weighted by molar-refractivity contribution is -0.386. The lowest BCUT2D eigenvalue weighted by atomic mass is 10.3. The van der Waals surface area contributed by atoms with Crippen LogP contribution in [0.2, 0.25) is 0 Å². The number of aromatic nitrogens is 2. The minimum absolute atomic E-state index is 0.385. The number of thiophene rings is 1. The highest BCUT2D eigenvalue weighted by Crippen LogP contribution is 2.22. The lowest BCUT2D eigenvalue weighted by Gasteiger charge is -2.02. The number of Topliss-reactive ketones (excluding diaryl/α,β-unsaturated/α-hetero) is 1. The molecular weight excluding hydrogens is 354 g/mol. The third-order valence-corrected chi connectivity index (χ3v) is 4.02. The quantitative estimate of drug-likeness (QED) is 0.499. The number of halogens is 1. The van der Waals surface area contributed by atoms with Crippen molar-refractivity contribution in [2.24, 2.45) is 0 Å². The Morgan fingerprint density at radius 3 is 2.70 bits per heavy atom. The van der Waals surface area contributed by atoms with E-state index >= 15 is 0 Å². The standard InChI is InChI=1S/C10H6BrN3O5S/c11-8-2-1-7(20-8)6(15)4-13-3-5(14(18)19)9(16)12-10(13)17/h1-3H,4H2,(H,12,16,17). The SMILES string of the molecule is O=C(Cn1cc([N+](=O)[O-])c(=O)[nH]c1=O)c1ccc(Br)s1. The van der Waals surface area contributed by atoms with Crippen molar-refractivity contribution in [1.29, 1.82) is 0 Å².